The average molecular weight is 290 g/mol. The van der Waals surface area contributed by atoms with Crippen molar-refractivity contribution in [3.63, 3.8) is 0 Å². The van der Waals surface area contributed by atoms with Gasteiger partial charge in [-0.2, -0.15) is 0 Å². The number of H-pyrrole nitrogens is 1. The van der Waals surface area contributed by atoms with Crippen LogP contribution in [0.15, 0.2) is 30.6 Å². The van der Waals surface area contributed by atoms with E-state index in [-0.39, 0.29) is 5.82 Å². The van der Waals surface area contributed by atoms with Crippen molar-refractivity contribution in [3.8, 4) is 0 Å². The second-order valence-electron chi connectivity index (χ2n) is 5.02. The zero-order chi connectivity index (χ0) is 14.5. The molecule has 1 aliphatic rings. The number of nitrogens with zero attached hydrogens (tertiary/aromatic N) is 2. The van der Waals surface area contributed by atoms with Gasteiger partial charge in [-0.25, -0.2) is 9.37 Å². The largest absolute Gasteiger partial charge is 0.378 e. The molecule has 2 aromatic rings. The molecule has 1 aromatic carbocycles. The molecule has 0 radical (unpaired) electrons. The maximum atomic E-state index is 14.2. The Kier molecular flexibility index (Phi) is 4.47. The maximum absolute atomic E-state index is 14.2. The van der Waals surface area contributed by atoms with Crippen LogP contribution >= 0.6 is 0 Å². The molecule has 2 heterocycles. The van der Waals surface area contributed by atoms with Crippen LogP contribution in [0.4, 0.5) is 10.1 Å². The summed E-state index contributed by atoms with van der Waals surface area (Å²) in [5.74, 6) is 0.703. The lowest BCUT2D eigenvalue weighted by Gasteiger charge is -2.29. The lowest BCUT2D eigenvalue weighted by molar-refractivity contribution is 0.122. The number of hydrogen-bond donors (Lipinski definition) is 2. The number of aromatic nitrogens is 2. The first kappa shape index (κ1) is 14.0. The quantitative estimate of drug-likeness (QED) is 0.879. The van der Waals surface area contributed by atoms with Gasteiger partial charge in [-0.05, 0) is 17.7 Å². The minimum absolute atomic E-state index is 0.172. The fourth-order valence-electron chi connectivity index (χ4n) is 2.44. The second-order valence-corrected chi connectivity index (χ2v) is 5.02. The van der Waals surface area contributed by atoms with Crippen LogP contribution in [0.2, 0.25) is 0 Å². The molecular formula is C15H19FN4O. The first-order valence-corrected chi connectivity index (χ1v) is 7.13. The van der Waals surface area contributed by atoms with Gasteiger partial charge in [-0.3, -0.25) is 0 Å². The van der Waals surface area contributed by atoms with Crippen LogP contribution in [0.25, 0.3) is 0 Å². The third-order valence-corrected chi connectivity index (χ3v) is 3.54. The van der Waals surface area contributed by atoms with Crippen LogP contribution in [0.1, 0.15) is 11.4 Å². The maximum Gasteiger partial charge on any atom is 0.146 e. The van der Waals surface area contributed by atoms with Crippen molar-refractivity contribution in [1.29, 1.82) is 0 Å². The Morgan fingerprint density at radius 1 is 1.29 bits per heavy atom. The summed E-state index contributed by atoms with van der Waals surface area (Å²) in [4.78, 5) is 9.18. The predicted molar refractivity (Wildman–Crippen MR) is 78.6 cm³/mol. The smallest absolute Gasteiger partial charge is 0.146 e. The van der Waals surface area contributed by atoms with Crippen molar-refractivity contribution in [2.75, 3.05) is 31.2 Å². The Morgan fingerprint density at radius 3 is 2.86 bits per heavy atom. The Bertz CT molecular complexity index is 567. The summed E-state index contributed by atoms with van der Waals surface area (Å²) in [5, 5.41) is 3.24. The van der Waals surface area contributed by atoms with Crippen molar-refractivity contribution in [1.82, 2.24) is 15.3 Å². The highest BCUT2D eigenvalue weighted by Crippen LogP contribution is 2.21. The van der Waals surface area contributed by atoms with E-state index in [0.717, 1.165) is 24.5 Å². The number of anilines is 1. The van der Waals surface area contributed by atoms with E-state index in [1.165, 1.54) is 0 Å². The summed E-state index contributed by atoms with van der Waals surface area (Å²) < 4.78 is 19.5. The molecule has 0 saturated carbocycles. The summed E-state index contributed by atoms with van der Waals surface area (Å²) in [6.07, 6.45) is 3.50. The highest BCUT2D eigenvalue weighted by atomic mass is 19.1. The molecule has 1 aliphatic heterocycles. The number of imidazole rings is 1. The van der Waals surface area contributed by atoms with E-state index in [9.17, 15) is 4.39 Å². The normalized spacial score (nSPS) is 15.4. The lowest BCUT2D eigenvalue weighted by Crippen LogP contribution is -2.36. The Labute approximate surface area is 123 Å². The lowest BCUT2D eigenvalue weighted by atomic mass is 10.1. The number of nitrogens with one attached hydrogen (secondary N) is 2. The topological polar surface area (TPSA) is 53.2 Å². The van der Waals surface area contributed by atoms with Gasteiger partial charge in [0.25, 0.3) is 0 Å². The number of benzene rings is 1. The van der Waals surface area contributed by atoms with E-state index in [1.807, 2.05) is 17.0 Å². The number of hydrogen-bond acceptors (Lipinski definition) is 4. The molecule has 0 atom stereocenters. The van der Waals surface area contributed by atoms with Crippen molar-refractivity contribution in [2.45, 2.75) is 13.1 Å². The van der Waals surface area contributed by atoms with Gasteiger partial charge in [-0.1, -0.05) is 6.07 Å². The monoisotopic (exact) mass is 290 g/mol. The molecule has 1 aromatic heterocycles. The molecule has 6 heteroatoms. The minimum atomic E-state index is -0.172. The van der Waals surface area contributed by atoms with Gasteiger partial charge in [0.15, 0.2) is 0 Å². The Hall–Kier alpha value is -1.92. The van der Waals surface area contributed by atoms with Gasteiger partial charge in [0.1, 0.15) is 11.6 Å². The molecule has 0 aliphatic carbocycles. The third-order valence-electron chi connectivity index (χ3n) is 3.54. The van der Waals surface area contributed by atoms with Crippen LogP contribution in [0.3, 0.4) is 0 Å². The van der Waals surface area contributed by atoms with Gasteiger partial charge in [-0.15, -0.1) is 0 Å². The van der Waals surface area contributed by atoms with Crippen molar-refractivity contribution >= 4 is 5.69 Å². The first-order valence-electron chi connectivity index (χ1n) is 7.13. The van der Waals surface area contributed by atoms with Gasteiger partial charge in [0, 0.05) is 32.0 Å². The van der Waals surface area contributed by atoms with Gasteiger partial charge < -0.3 is 19.9 Å². The zero-order valence-electron chi connectivity index (χ0n) is 11.8. The van der Waals surface area contributed by atoms with E-state index in [0.29, 0.717) is 32.0 Å². The number of ether oxygens (including phenoxy) is 1. The number of aromatic amines is 1. The van der Waals surface area contributed by atoms with E-state index in [4.69, 9.17) is 4.74 Å². The fourth-order valence-corrected chi connectivity index (χ4v) is 2.44. The third kappa shape index (κ3) is 3.59. The van der Waals surface area contributed by atoms with Gasteiger partial charge in [0.2, 0.25) is 0 Å². The van der Waals surface area contributed by atoms with Crippen molar-refractivity contribution in [3.05, 3.63) is 47.8 Å². The van der Waals surface area contributed by atoms with Gasteiger partial charge in [0.05, 0.1) is 25.4 Å². The molecular weight excluding hydrogens is 271 g/mol. The molecule has 5 nitrogen and oxygen atoms in total. The molecule has 3 rings (SSSR count). The molecule has 1 saturated heterocycles. The number of morpholine rings is 1. The van der Waals surface area contributed by atoms with Crippen molar-refractivity contribution < 1.29 is 9.13 Å². The molecule has 0 spiro atoms. The molecule has 112 valence electrons. The predicted octanol–water partition coefficient (Wildman–Crippen LogP) is 1.68. The van der Waals surface area contributed by atoms with Gasteiger partial charge >= 0.3 is 0 Å². The SMILES string of the molecule is Fc1cc(CNCc2ncc[nH]2)ccc1N1CCOCC1. The molecule has 21 heavy (non-hydrogen) atoms. The highest BCUT2D eigenvalue weighted by Gasteiger charge is 2.15. The highest BCUT2D eigenvalue weighted by molar-refractivity contribution is 5.49. The molecule has 0 bridgehead atoms. The molecule has 2 N–H and O–H groups in total. The molecule has 0 unspecified atom stereocenters. The van der Waals surface area contributed by atoms with E-state index in [1.54, 1.807) is 18.5 Å². The summed E-state index contributed by atoms with van der Waals surface area (Å²) >= 11 is 0. The summed E-state index contributed by atoms with van der Waals surface area (Å²) in [5.41, 5.74) is 1.59. The number of rotatable bonds is 5. The number of halogens is 1. The van der Waals surface area contributed by atoms with Crippen LogP contribution in [0.5, 0.6) is 0 Å². The van der Waals surface area contributed by atoms with Crippen LogP contribution in [-0.4, -0.2) is 36.3 Å². The first-order chi connectivity index (χ1) is 10.3. The Balaban J connectivity index is 1.58. The van der Waals surface area contributed by atoms with Crippen molar-refractivity contribution in [2.24, 2.45) is 0 Å². The van der Waals surface area contributed by atoms with E-state index in [2.05, 4.69) is 15.3 Å². The Morgan fingerprint density at radius 2 is 2.14 bits per heavy atom. The molecule has 1 fully saturated rings. The standard InChI is InChI=1S/C15H19FN4O/c16-13-9-12(10-17-11-15-18-3-4-19-15)1-2-14(13)20-5-7-21-8-6-20/h1-4,9,17H,5-8,10-11H2,(H,18,19). The van der Waals surface area contributed by atoms with Crippen LogP contribution < -0.4 is 10.2 Å². The van der Waals surface area contributed by atoms with E-state index < -0.39 is 0 Å². The molecule has 0 amide bonds. The zero-order valence-corrected chi connectivity index (χ0v) is 11.8. The summed E-state index contributed by atoms with van der Waals surface area (Å²) in [6, 6.07) is 5.41. The summed E-state index contributed by atoms with van der Waals surface area (Å²) in [6.45, 7) is 4.05. The van der Waals surface area contributed by atoms with Crippen LogP contribution in [-0.2, 0) is 17.8 Å². The minimum Gasteiger partial charge on any atom is -0.378 e. The summed E-state index contributed by atoms with van der Waals surface area (Å²) in [7, 11) is 0. The van der Waals surface area contributed by atoms with Crippen LogP contribution in [0, 0.1) is 5.82 Å². The average Bonchev–Trinajstić information content (AvgIpc) is 3.02. The van der Waals surface area contributed by atoms with E-state index >= 15 is 0 Å². The second kappa shape index (κ2) is 6.69. The fraction of sp³-hybridized carbons (Fsp3) is 0.400.